The fourth-order valence-electron chi connectivity index (χ4n) is 2.77. The number of amides is 2. The van der Waals surface area contributed by atoms with Crippen molar-refractivity contribution in [3.63, 3.8) is 0 Å². The first-order valence-electron chi connectivity index (χ1n) is 8.78. The van der Waals surface area contributed by atoms with Crippen molar-refractivity contribution in [2.45, 2.75) is 19.8 Å². The number of carbonyl (C=O) groups is 2. The van der Waals surface area contributed by atoms with E-state index in [1.54, 1.807) is 18.9 Å². The monoisotopic (exact) mass is 354 g/mol. The zero-order chi connectivity index (χ0) is 18.8. The highest BCUT2D eigenvalue weighted by Crippen LogP contribution is 2.18. The number of hydrogen-bond acceptors (Lipinski definition) is 3. The molecule has 0 saturated heterocycles. The maximum Gasteiger partial charge on any atom is 0.224 e. The van der Waals surface area contributed by atoms with Gasteiger partial charge in [0.15, 0.2) is 0 Å². The number of nitrogens with zero attached hydrogens (tertiary/aromatic N) is 1. The van der Waals surface area contributed by atoms with Gasteiger partial charge in [0.25, 0.3) is 0 Å². The number of para-hydroxylation sites is 1. The van der Waals surface area contributed by atoms with Gasteiger partial charge in [0, 0.05) is 26.6 Å². The van der Waals surface area contributed by atoms with Crippen LogP contribution in [0.1, 0.15) is 18.1 Å². The summed E-state index contributed by atoms with van der Waals surface area (Å²) in [5.74, 6) is 0.786. The summed E-state index contributed by atoms with van der Waals surface area (Å²) in [5.41, 5.74) is 2.04. The van der Waals surface area contributed by atoms with Gasteiger partial charge in [0.2, 0.25) is 11.8 Å². The predicted octanol–water partition coefficient (Wildman–Crippen LogP) is 2.45. The first-order chi connectivity index (χ1) is 12.6. The second kappa shape index (κ2) is 10.2. The van der Waals surface area contributed by atoms with Gasteiger partial charge in [-0.25, -0.2) is 0 Å². The molecule has 2 rings (SSSR count). The predicted molar refractivity (Wildman–Crippen MR) is 102 cm³/mol. The lowest BCUT2D eigenvalue weighted by molar-refractivity contribution is -0.129. The van der Waals surface area contributed by atoms with E-state index >= 15 is 0 Å². The van der Waals surface area contributed by atoms with Crippen LogP contribution in [0.15, 0.2) is 54.6 Å². The van der Waals surface area contributed by atoms with Crippen LogP contribution in [0.4, 0.5) is 0 Å². The highest BCUT2D eigenvalue weighted by molar-refractivity contribution is 5.78. The minimum atomic E-state index is -0.0376. The highest BCUT2D eigenvalue weighted by atomic mass is 16.5. The van der Waals surface area contributed by atoms with Gasteiger partial charge in [0.1, 0.15) is 5.75 Å². The average molecular weight is 354 g/mol. The Balaban J connectivity index is 1.79. The maximum atomic E-state index is 12.0. The van der Waals surface area contributed by atoms with E-state index in [9.17, 15) is 9.59 Å². The van der Waals surface area contributed by atoms with Crippen LogP contribution in [0, 0.1) is 0 Å². The number of methoxy groups -OCH3 is 1. The minimum absolute atomic E-state index is 0.00259. The normalized spacial score (nSPS) is 10.2. The number of hydrogen-bond donors (Lipinski definition) is 1. The minimum Gasteiger partial charge on any atom is -0.496 e. The number of rotatable bonds is 9. The Morgan fingerprint density at radius 1 is 1.00 bits per heavy atom. The van der Waals surface area contributed by atoms with Crippen LogP contribution in [0.25, 0.3) is 0 Å². The Kier molecular flexibility index (Phi) is 7.68. The molecular formula is C21H26N2O3. The number of nitrogens with one attached hydrogen (secondary N) is 1. The standard InChI is InChI=1S/C21H26N2O3/c1-17(24)23(14-12-19-10-6-7-11-20(19)26-2)15-13-22-21(25)16-18-8-4-3-5-9-18/h3-11H,12-16H2,1-2H3,(H,22,25). The van der Waals surface area contributed by atoms with Gasteiger partial charge >= 0.3 is 0 Å². The van der Waals surface area contributed by atoms with Crippen molar-refractivity contribution < 1.29 is 14.3 Å². The number of benzene rings is 2. The summed E-state index contributed by atoms with van der Waals surface area (Å²) in [6.07, 6.45) is 1.06. The Labute approximate surface area is 155 Å². The number of carbonyl (C=O) groups excluding carboxylic acids is 2. The average Bonchev–Trinajstić information content (AvgIpc) is 2.65. The molecule has 0 aliphatic rings. The SMILES string of the molecule is COc1ccccc1CCN(CCNC(=O)Cc1ccccc1)C(C)=O. The Bertz CT molecular complexity index is 716. The van der Waals surface area contributed by atoms with Crippen LogP contribution < -0.4 is 10.1 Å². The third-order valence-electron chi connectivity index (χ3n) is 4.20. The lowest BCUT2D eigenvalue weighted by Crippen LogP contribution is -2.39. The fraction of sp³-hybridized carbons (Fsp3) is 0.333. The summed E-state index contributed by atoms with van der Waals surface area (Å²) in [5, 5.41) is 2.88. The van der Waals surface area contributed by atoms with Crippen LogP contribution in [0.5, 0.6) is 5.75 Å². The Morgan fingerprint density at radius 3 is 2.38 bits per heavy atom. The van der Waals surface area contributed by atoms with Gasteiger partial charge in [-0.1, -0.05) is 48.5 Å². The van der Waals surface area contributed by atoms with E-state index in [-0.39, 0.29) is 11.8 Å². The van der Waals surface area contributed by atoms with Crippen LogP contribution >= 0.6 is 0 Å². The second-order valence-corrected chi connectivity index (χ2v) is 6.08. The molecule has 0 heterocycles. The molecule has 5 heteroatoms. The molecule has 0 unspecified atom stereocenters. The van der Waals surface area contributed by atoms with E-state index < -0.39 is 0 Å². The molecule has 0 bridgehead atoms. The molecule has 2 aromatic carbocycles. The van der Waals surface area contributed by atoms with E-state index in [2.05, 4.69) is 5.32 Å². The topological polar surface area (TPSA) is 58.6 Å². The molecule has 2 amide bonds. The molecular weight excluding hydrogens is 328 g/mol. The van der Waals surface area contributed by atoms with Gasteiger partial charge in [-0.05, 0) is 23.6 Å². The summed E-state index contributed by atoms with van der Waals surface area (Å²) in [6, 6.07) is 17.4. The summed E-state index contributed by atoms with van der Waals surface area (Å²) in [6.45, 7) is 3.07. The zero-order valence-corrected chi connectivity index (χ0v) is 15.4. The Morgan fingerprint density at radius 2 is 1.69 bits per heavy atom. The van der Waals surface area contributed by atoms with Crippen molar-refractivity contribution in [2.24, 2.45) is 0 Å². The number of ether oxygens (including phenoxy) is 1. The summed E-state index contributed by atoms with van der Waals surface area (Å²) in [4.78, 5) is 25.6. The van der Waals surface area contributed by atoms with Crippen LogP contribution in [0.3, 0.4) is 0 Å². The van der Waals surface area contributed by atoms with Crippen LogP contribution in [-0.2, 0) is 22.4 Å². The molecule has 26 heavy (non-hydrogen) atoms. The van der Waals surface area contributed by atoms with Crippen molar-refractivity contribution >= 4 is 11.8 Å². The van der Waals surface area contributed by atoms with Crippen molar-refractivity contribution in [1.82, 2.24) is 10.2 Å². The smallest absolute Gasteiger partial charge is 0.224 e. The van der Waals surface area contributed by atoms with Gasteiger partial charge in [0.05, 0.1) is 13.5 Å². The molecule has 0 aromatic heterocycles. The molecule has 0 fully saturated rings. The van der Waals surface area contributed by atoms with Crippen molar-refractivity contribution in [3.8, 4) is 5.75 Å². The third kappa shape index (κ3) is 6.24. The quantitative estimate of drug-likeness (QED) is 0.752. The molecule has 0 saturated carbocycles. The molecule has 5 nitrogen and oxygen atoms in total. The molecule has 138 valence electrons. The largest absolute Gasteiger partial charge is 0.496 e. The van der Waals surface area contributed by atoms with E-state index in [1.165, 1.54) is 0 Å². The zero-order valence-electron chi connectivity index (χ0n) is 15.4. The molecule has 0 aliphatic heterocycles. The second-order valence-electron chi connectivity index (χ2n) is 6.08. The maximum absolute atomic E-state index is 12.0. The van der Waals surface area contributed by atoms with Gasteiger partial charge in [-0.3, -0.25) is 9.59 Å². The molecule has 0 atom stereocenters. The van der Waals surface area contributed by atoms with Crippen LogP contribution in [-0.4, -0.2) is 43.5 Å². The summed E-state index contributed by atoms with van der Waals surface area (Å²) < 4.78 is 5.35. The first kappa shape index (κ1) is 19.5. The molecule has 1 N–H and O–H groups in total. The van der Waals surface area contributed by atoms with E-state index in [0.29, 0.717) is 32.5 Å². The fourth-order valence-corrected chi connectivity index (χ4v) is 2.77. The van der Waals surface area contributed by atoms with Crippen molar-refractivity contribution in [3.05, 3.63) is 65.7 Å². The Hall–Kier alpha value is -2.82. The first-order valence-corrected chi connectivity index (χ1v) is 8.78. The molecule has 0 spiro atoms. The molecule has 0 aliphatic carbocycles. The molecule has 0 radical (unpaired) electrons. The summed E-state index contributed by atoms with van der Waals surface area (Å²) in [7, 11) is 1.64. The molecule has 2 aromatic rings. The van der Waals surface area contributed by atoms with Gasteiger partial charge in [-0.2, -0.15) is 0 Å². The summed E-state index contributed by atoms with van der Waals surface area (Å²) >= 11 is 0. The van der Waals surface area contributed by atoms with E-state index in [4.69, 9.17) is 4.74 Å². The van der Waals surface area contributed by atoms with E-state index in [0.717, 1.165) is 16.9 Å². The van der Waals surface area contributed by atoms with Gasteiger partial charge in [-0.15, -0.1) is 0 Å². The van der Waals surface area contributed by atoms with Gasteiger partial charge < -0.3 is 15.0 Å². The van der Waals surface area contributed by atoms with Crippen molar-refractivity contribution in [1.29, 1.82) is 0 Å². The van der Waals surface area contributed by atoms with Crippen LogP contribution in [0.2, 0.25) is 0 Å². The lowest BCUT2D eigenvalue weighted by Gasteiger charge is -2.22. The van der Waals surface area contributed by atoms with E-state index in [1.807, 2.05) is 54.6 Å². The van der Waals surface area contributed by atoms with Crippen molar-refractivity contribution in [2.75, 3.05) is 26.7 Å². The highest BCUT2D eigenvalue weighted by Gasteiger charge is 2.11. The lowest BCUT2D eigenvalue weighted by atomic mass is 10.1. The third-order valence-corrected chi connectivity index (χ3v) is 4.20.